The summed E-state index contributed by atoms with van der Waals surface area (Å²) in [6, 6.07) is 16.1. The fraction of sp³-hybridized carbons (Fsp3) is 0.111. The van der Waals surface area contributed by atoms with Gasteiger partial charge in [0, 0.05) is 11.1 Å². The fourth-order valence-electron chi connectivity index (χ4n) is 2.65. The van der Waals surface area contributed by atoms with E-state index in [9.17, 15) is 0 Å². The van der Waals surface area contributed by atoms with Gasteiger partial charge < -0.3 is 22.1 Å². The van der Waals surface area contributed by atoms with Crippen molar-refractivity contribution in [1.82, 2.24) is 9.97 Å². The maximum Gasteiger partial charge on any atom is 0.196 e. The summed E-state index contributed by atoms with van der Waals surface area (Å²) in [5.74, 6) is 1.42. The Kier molecular flexibility index (Phi) is 3.92. The number of para-hydroxylation sites is 1. The third-order valence-electron chi connectivity index (χ3n) is 3.61. The molecule has 0 bridgehead atoms. The van der Waals surface area contributed by atoms with E-state index < -0.39 is 0 Å². The average Bonchev–Trinajstić information content (AvgIpc) is 2.86. The largest absolute Gasteiger partial charge is 1.00 e. The van der Waals surface area contributed by atoms with E-state index in [0.29, 0.717) is 17.2 Å². The number of nitrogens with one attached hydrogen (secondary N) is 1. The average molecular weight is 325 g/mol. The second-order valence-electron chi connectivity index (χ2n) is 5.39. The predicted octanol–water partition coefficient (Wildman–Crippen LogP) is 1.74. The van der Waals surface area contributed by atoms with Crippen molar-refractivity contribution in [3.8, 4) is 0 Å². The van der Waals surface area contributed by atoms with Gasteiger partial charge in [-0.05, 0) is 43.7 Å². The lowest BCUT2D eigenvalue weighted by molar-refractivity contribution is -0.00000510. The van der Waals surface area contributed by atoms with E-state index in [2.05, 4.69) is 34.3 Å². The lowest BCUT2D eigenvalue weighted by Crippen LogP contribution is -3.00. The highest BCUT2D eigenvalue weighted by Crippen LogP contribution is 2.32. The number of hydrogen-bond donors (Lipinski definition) is 1. The standard InChI is InChI=1S/C18H15N3O.ClH/c1-11-6-5-7-13(10-11)21-18-17-16(19-12(2)20-18)14-8-3-4-9-15(14)22-17;/h3-10H,1-2H3,(H,19,20,21);1H/p-1. The highest BCUT2D eigenvalue weighted by molar-refractivity contribution is 6.06. The number of anilines is 2. The van der Waals surface area contributed by atoms with Gasteiger partial charge in [0.2, 0.25) is 0 Å². The first-order chi connectivity index (χ1) is 10.7. The van der Waals surface area contributed by atoms with Crippen molar-refractivity contribution in [1.29, 1.82) is 0 Å². The zero-order valence-electron chi connectivity index (χ0n) is 12.8. The molecule has 1 N–H and O–H groups in total. The van der Waals surface area contributed by atoms with Crippen molar-refractivity contribution >= 4 is 33.6 Å². The van der Waals surface area contributed by atoms with Crippen LogP contribution in [0.3, 0.4) is 0 Å². The van der Waals surface area contributed by atoms with E-state index in [0.717, 1.165) is 22.2 Å². The van der Waals surface area contributed by atoms with Gasteiger partial charge in [-0.25, -0.2) is 9.97 Å². The molecule has 2 heterocycles. The summed E-state index contributed by atoms with van der Waals surface area (Å²) in [4.78, 5) is 9.04. The van der Waals surface area contributed by atoms with Crippen molar-refractivity contribution in [2.75, 3.05) is 5.32 Å². The number of fused-ring (bicyclic) bond motifs is 3. The van der Waals surface area contributed by atoms with Crippen LogP contribution in [0.25, 0.3) is 22.1 Å². The minimum Gasteiger partial charge on any atom is -1.00 e. The Bertz CT molecular complexity index is 994. The molecule has 0 saturated heterocycles. The molecule has 0 aliphatic carbocycles. The van der Waals surface area contributed by atoms with Crippen molar-refractivity contribution in [3.63, 3.8) is 0 Å². The Morgan fingerprint density at radius 3 is 2.61 bits per heavy atom. The molecule has 0 amide bonds. The molecule has 0 fully saturated rings. The zero-order valence-corrected chi connectivity index (χ0v) is 13.6. The Balaban J connectivity index is 0.00000156. The van der Waals surface area contributed by atoms with Gasteiger partial charge >= 0.3 is 0 Å². The van der Waals surface area contributed by atoms with Crippen LogP contribution in [0.2, 0.25) is 0 Å². The summed E-state index contributed by atoms with van der Waals surface area (Å²) in [6.07, 6.45) is 0. The molecule has 0 aliphatic rings. The van der Waals surface area contributed by atoms with Crippen LogP contribution in [0, 0.1) is 13.8 Å². The molecular weight excluding hydrogens is 310 g/mol. The van der Waals surface area contributed by atoms with Gasteiger partial charge in [-0.15, -0.1) is 0 Å². The number of hydrogen-bond acceptors (Lipinski definition) is 4. The molecule has 116 valence electrons. The van der Waals surface area contributed by atoms with Gasteiger partial charge in [-0.1, -0.05) is 24.3 Å². The molecule has 4 aromatic rings. The van der Waals surface area contributed by atoms with Crippen LogP contribution < -0.4 is 17.7 Å². The molecule has 0 spiro atoms. The molecule has 4 rings (SSSR count). The van der Waals surface area contributed by atoms with Crippen molar-refractivity contribution < 1.29 is 16.8 Å². The zero-order chi connectivity index (χ0) is 15.1. The number of aromatic nitrogens is 2. The molecule has 5 heteroatoms. The van der Waals surface area contributed by atoms with Crippen LogP contribution in [0.5, 0.6) is 0 Å². The van der Waals surface area contributed by atoms with Crippen LogP contribution >= 0.6 is 0 Å². The van der Waals surface area contributed by atoms with Gasteiger partial charge in [0.1, 0.15) is 16.9 Å². The van der Waals surface area contributed by atoms with Crippen molar-refractivity contribution in [3.05, 3.63) is 59.9 Å². The highest BCUT2D eigenvalue weighted by Gasteiger charge is 2.14. The molecule has 0 aliphatic heterocycles. The Labute approximate surface area is 140 Å². The van der Waals surface area contributed by atoms with Crippen LogP contribution in [-0.2, 0) is 0 Å². The monoisotopic (exact) mass is 324 g/mol. The lowest BCUT2D eigenvalue weighted by Gasteiger charge is -2.07. The van der Waals surface area contributed by atoms with Gasteiger partial charge in [0.25, 0.3) is 0 Å². The van der Waals surface area contributed by atoms with E-state index in [1.165, 1.54) is 5.56 Å². The SMILES string of the molecule is Cc1cccc(Nc2nc(C)nc3c2oc2ccccc23)c1.[Cl-]. The summed E-state index contributed by atoms with van der Waals surface area (Å²) < 4.78 is 5.95. The fourth-order valence-corrected chi connectivity index (χ4v) is 2.65. The van der Waals surface area contributed by atoms with E-state index in [4.69, 9.17) is 4.42 Å². The third kappa shape index (κ3) is 2.73. The molecule has 23 heavy (non-hydrogen) atoms. The second-order valence-corrected chi connectivity index (χ2v) is 5.39. The number of aryl methyl sites for hydroxylation is 2. The van der Waals surface area contributed by atoms with Crippen molar-refractivity contribution in [2.24, 2.45) is 0 Å². The Morgan fingerprint density at radius 2 is 1.78 bits per heavy atom. The maximum atomic E-state index is 5.95. The van der Waals surface area contributed by atoms with Crippen LogP contribution in [0.15, 0.2) is 52.9 Å². The molecule has 0 atom stereocenters. The van der Waals surface area contributed by atoms with Gasteiger partial charge in [0.15, 0.2) is 11.4 Å². The number of halogens is 1. The van der Waals surface area contributed by atoms with Crippen LogP contribution in [-0.4, -0.2) is 9.97 Å². The third-order valence-corrected chi connectivity index (χ3v) is 3.61. The molecule has 0 saturated carbocycles. The minimum atomic E-state index is 0. The second kappa shape index (κ2) is 5.89. The van der Waals surface area contributed by atoms with E-state index in [-0.39, 0.29) is 12.4 Å². The van der Waals surface area contributed by atoms with Crippen molar-refractivity contribution in [2.45, 2.75) is 13.8 Å². The Hall–Kier alpha value is -2.59. The number of nitrogens with zero attached hydrogens (tertiary/aromatic N) is 2. The number of rotatable bonds is 2. The van der Waals surface area contributed by atoms with E-state index >= 15 is 0 Å². The highest BCUT2D eigenvalue weighted by atomic mass is 35.5. The minimum absolute atomic E-state index is 0. The lowest BCUT2D eigenvalue weighted by atomic mass is 10.2. The predicted molar refractivity (Wildman–Crippen MR) is 88.5 cm³/mol. The quantitative estimate of drug-likeness (QED) is 0.610. The summed E-state index contributed by atoms with van der Waals surface area (Å²) in [5.41, 5.74) is 4.53. The maximum absolute atomic E-state index is 5.95. The van der Waals surface area contributed by atoms with Crippen LogP contribution in [0.4, 0.5) is 11.5 Å². The molecule has 0 radical (unpaired) electrons. The first kappa shape index (κ1) is 15.3. The summed E-state index contributed by atoms with van der Waals surface area (Å²) >= 11 is 0. The summed E-state index contributed by atoms with van der Waals surface area (Å²) in [5, 5.41) is 4.35. The topological polar surface area (TPSA) is 51.0 Å². The van der Waals surface area contributed by atoms with Crippen LogP contribution in [0.1, 0.15) is 11.4 Å². The molecular formula is C18H15ClN3O-. The Morgan fingerprint density at radius 1 is 0.957 bits per heavy atom. The number of benzene rings is 2. The molecule has 0 unspecified atom stereocenters. The van der Waals surface area contributed by atoms with Gasteiger partial charge in [0.05, 0.1) is 0 Å². The molecule has 2 aromatic heterocycles. The number of furan rings is 1. The van der Waals surface area contributed by atoms with E-state index in [1.807, 2.05) is 43.3 Å². The summed E-state index contributed by atoms with van der Waals surface area (Å²) in [7, 11) is 0. The normalized spacial score (nSPS) is 10.7. The first-order valence-corrected chi connectivity index (χ1v) is 7.20. The molecule has 4 nitrogen and oxygen atoms in total. The first-order valence-electron chi connectivity index (χ1n) is 7.20. The van der Waals surface area contributed by atoms with Gasteiger partial charge in [-0.2, -0.15) is 0 Å². The van der Waals surface area contributed by atoms with Gasteiger partial charge in [-0.3, -0.25) is 0 Å². The van der Waals surface area contributed by atoms with E-state index in [1.54, 1.807) is 0 Å². The molecule has 2 aromatic carbocycles. The summed E-state index contributed by atoms with van der Waals surface area (Å²) in [6.45, 7) is 3.95. The smallest absolute Gasteiger partial charge is 0.196 e.